The van der Waals surface area contributed by atoms with Gasteiger partial charge in [0, 0.05) is 28.1 Å². The van der Waals surface area contributed by atoms with Crippen LogP contribution in [-0.4, -0.2) is 25.4 Å². The number of aromatic nitrogens is 3. The molecule has 0 saturated carbocycles. The van der Waals surface area contributed by atoms with E-state index in [1.165, 1.54) is 0 Å². The van der Waals surface area contributed by atoms with Crippen LogP contribution < -0.4 is 0 Å². The van der Waals surface area contributed by atoms with Crippen molar-refractivity contribution in [1.82, 2.24) is 15.0 Å². The van der Waals surface area contributed by atoms with Gasteiger partial charge in [0.1, 0.15) is 11.6 Å². The van der Waals surface area contributed by atoms with E-state index in [9.17, 15) is 8.60 Å². The molecule has 2 heterocycles. The standard InChI is InChI=1S/C17H12FN3OS/c1-23(22)15-4-2-3-11-10(15)5-6-12(16(11)18)17-20-13-7-8-19-9-14(13)21-17/h2-9H,1H3,(H,20,21). The van der Waals surface area contributed by atoms with Crippen molar-refractivity contribution in [2.45, 2.75) is 4.90 Å². The molecule has 1 unspecified atom stereocenters. The van der Waals surface area contributed by atoms with Gasteiger partial charge in [-0.25, -0.2) is 9.37 Å². The van der Waals surface area contributed by atoms with Crippen LogP contribution in [0, 0.1) is 5.82 Å². The molecule has 23 heavy (non-hydrogen) atoms. The first-order valence-corrected chi connectivity index (χ1v) is 8.56. The molecule has 0 aliphatic rings. The summed E-state index contributed by atoms with van der Waals surface area (Å²) in [4.78, 5) is 12.1. The van der Waals surface area contributed by atoms with Gasteiger partial charge in [-0.2, -0.15) is 0 Å². The Morgan fingerprint density at radius 1 is 1.13 bits per heavy atom. The van der Waals surface area contributed by atoms with E-state index in [-0.39, 0.29) is 5.82 Å². The lowest BCUT2D eigenvalue weighted by Gasteiger charge is -2.07. The number of imidazole rings is 1. The molecule has 0 spiro atoms. The number of rotatable bonds is 2. The second kappa shape index (κ2) is 5.24. The fourth-order valence-electron chi connectivity index (χ4n) is 2.71. The lowest BCUT2D eigenvalue weighted by atomic mass is 10.1. The first-order valence-electron chi connectivity index (χ1n) is 7.00. The Labute approximate surface area is 133 Å². The van der Waals surface area contributed by atoms with Crippen molar-refractivity contribution >= 4 is 32.6 Å². The third kappa shape index (κ3) is 2.22. The number of nitrogens with one attached hydrogen (secondary N) is 1. The fraction of sp³-hybridized carbons (Fsp3) is 0.0588. The van der Waals surface area contributed by atoms with Crippen molar-refractivity contribution in [3.05, 3.63) is 54.6 Å². The lowest BCUT2D eigenvalue weighted by Crippen LogP contribution is -1.93. The van der Waals surface area contributed by atoms with Crippen LogP contribution >= 0.6 is 0 Å². The summed E-state index contributed by atoms with van der Waals surface area (Å²) >= 11 is 0. The summed E-state index contributed by atoms with van der Waals surface area (Å²) in [5.41, 5.74) is 1.87. The molecule has 0 aliphatic carbocycles. The molecule has 4 nitrogen and oxygen atoms in total. The van der Waals surface area contributed by atoms with Crippen LogP contribution in [0.4, 0.5) is 4.39 Å². The maximum Gasteiger partial charge on any atom is 0.142 e. The molecular weight excluding hydrogens is 313 g/mol. The van der Waals surface area contributed by atoms with E-state index in [2.05, 4.69) is 15.0 Å². The highest BCUT2D eigenvalue weighted by Gasteiger charge is 2.15. The third-order valence-electron chi connectivity index (χ3n) is 3.80. The van der Waals surface area contributed by atoms with Crippen LogP contribution in [0.1, 0.15) is 0 Å². The topological polar surface area (TPSA) is 58.6 Å². The predicted molar refractivity (Wildman–Crippen MR) is 89.1 cm³/mol. The number of fused-ring (bicyclic) bond motifs is 2. The fourth-order valence-corrected chi connectivity index (χ4v) is 3.47. The summed E-state index contributed by atoms with van der Waals surface area (Å²) in [5.74, 6) is 0.0808. The summed E-state index contributed by atoms with van der Waals surface area (Å²) < 4.78 is 26.8. The van der Waals surface area contributed by atoms with Gasteiger partial charge < -0.3 is 4.98 Å². The van der Waals surface area contributed by atoms with Crippen molar-refractivity contribution < 1.29 is 8.60 Å². The van der Waals surface area contributed by atoms with Crippen LogP contribution in [0.15, 0.2) is 53.7 Å². The molecule has 6 heteroatoms. The average Bonchev–Trinajstić information content (AvgIpc) is 2.98. The summed E-state index contributed by atoms with van der Waals surface area (Å²) in [6, 6.07) is 10.4. The molecule has 0 bridgehead atoms. The summed E-state index contributed by atoms with van der Waals surface area (Å²) in [5, 5.41) is 1.10. The van der Waals surface area contributed by atoms with Gasteiger partial charge in [0.25, 0.3) is 0 Å². The van der Waals surface area contributed by atoms with Crippen LogP contribution in [0.25, 0.3) is 33.2 Å². The van der Waals surface area contributed by atoms with Crippen molar-refractivity contribution in [2.24, 2.45) is 0 Å². The predicted octanol–water partition coefficient (Wildman–Crippen LogP) is 3.65. The smallest absolute Gasteiger partial charge is 0.142 e. The zero-order valence-corrected chi connectivity index (χ0v) is 13.0. The van der Waals surface area contributed by atoms with Crippen molar-refractivity contribution in [3.63, 3.8) is 0 Å². The van der Waals surface area contributed by atoms with Gasteiger partial charge in [-0.3, -0.25) is 9.19 Å². The molecule has 2 aromatic heterocycles. The second-order valence-corrected chi connectivity index (χ2v) is 6.56. The zero-order chi connectivity index (χ0) is 16.0. The van der Waals surface area contributed by atoms with Gasteiger partial charge in [0.05, 0.1) is 33.6 Å². The van der Waals surface area contributed by atoms with Gasteiger partial charge in [0.15, 0.2) is 0 Å². The van der Waals surface area contributed by atoms with E-state index in [0.717, 1.165) is 11.0 Å². The Balaban J connectivity index is 1.98. The van der Waals surface area contributed by atoms with Gasteiger partial charge >= 0.3 is 0 Å². The summed E-state index contributed by atoms with van der Waals surface area (Å²) in [6.07, 6.45) is 4.89. The molecule has 0 amide bonds. The number of hydrogen-bond donors (Lipinski definition) is 1. The van der Waals surface area contributed by atoms with Crippen LogP contribution in [0.3, 0.4) is 0 Å². The molecule has 2 aromatic carbocycles. The molecule has 4 aromatic rings. The van der Waals surface area contributed by atoms with E-state index in [0.29, 0.717) is 27.1 Å². The molecule has 0 radical (unpaired) electrons. The maximum absolute atomic E-state index is 15.0. The van der Waals surface area contributed by atoms with Crippen molar-refractivity contribution in [3.8, 4) is 11.4 Å². The van der Waals surface area contributed by atoms with Gasteiger partial charge in [-0.15, -0.1) is 0 Å². The van der Waals surface area contributed by atoms with Crippen LogP contribution in [-0.2, 0) is 10.8 Å². The Bertz CT molecular complexity index is 1040. The van der Waals surface area contributed by atoms with Gasteiger partial charge in [-0.05, 0) is 18.2 Å². The van der Waals surface area contributed by atoms with Crippen molar-refractivity contribution in [1.29, 1.82) is 0 Å². The normalized spacial score (nSPS) is 12.8. The number of aromatic amines is 1. The minimum Gasteiger partial charge on any atom is -0.337 e. The molecule has 1 N–H and O–H groups in total. The first kappa shape index (κ1) is 14.0. The van der Waals surface area contributed by atoms with Gasteiger partial charge in [0.2, 0.25) is 0 Å². The molecule has 0 saturated heterocycles. The van der Waals surface area contributed by atoms with Crippen LogP contribution in [0.2, 0.25) is 0 Å². The van der Waals surface area contributed by atoms with Gasteiger partial charge in [-0.1, -0.05) is 18.2 Å². The average molecular weight is 325 g/mol. The van der Waals surface area contributed by atoms with E-state index in [1.54, 1.807) is 55.0 Å². The summed E-state index contributed by atoms with van der Waals surface area (Å²) in [7, 11) is -1.17. The Morgan fingerprint density at radius 2 is 2.00 bits per heavy atom. The summed E-state index contributed by atoms with van der Waals surface area (Å²) in [6.45, 7) is 0. The minimum absolute atomic E-state index is 0.373. The molecule has 0 aliphatic heterocycles. The number of nitrogens with zero attached hydrogens (tertiary/aromatic N) is 2. The van der Waals surface area contributed by atoms with E-state index in [4.69, 9.17) is 0 Å². The monoisotopic (exact) mass is 325 g/mol. The largest absolute Gasteiger partial charge is 0.337 e. The molecule has 114 valence electrons. The number of pyridine rings is 1. The Kier molecular flexibility index (Phi) is 3.20. The molecule has 1 atom stereocenters. The Morgan fingerprint density at radius 3 is 2.78 bits per heavy atom. The molecular formula is C17H12FN3OS. The first-order chi connectivity index (χ1) is 11.1. The zero-order valence-electron chi connectivity index (χ0n) is 12.2. The maximum atomic E-state index is 15.0. The highest BCUT2D eigenvalue weighted by atomic mass is 32.2. The number of H-pyrrole nitrogens is 1. The van der Waals surface area contributed by atoms with E-state index in [1.807, 2.05) is 0 Å². The number of hydrogen-bond acceptors (Lipinski definition) is 3. The Hall–Kier alpha value is -2.60. The van der Waals surface area contributed by atoms with E-state index >= 15 is 0 Å². The highest BCUT2D eigenvalue weighted by Crippen LogP contribution is 2.31. The quantitative estimate of drug-likeness (QED) is 0.612. The van der Waals surface area contributed by atoms with E-state index < -0.39 is 10.8 Å². The third-order valence-corrected chi connectivity index (χ3v) is 4.78. The SMILES string of the molecule is CS(=O)c1cccc2c(F)c(-c3nc4ccncc4[nH]3)ccc12. The number of halogens is 1. The highest BCUT2D eigenvalue weighted by molar-refractivity contribution is 7.84. The lowest BCUT2D eigenvalue weighted by molar-refractivity contribution is 0.642. The van der Waals surface area contributed by atoms with Crippen LogP contribution in [0.5, 0.6) is 0 Å². The van der Waals surface area contributed by atoms with Crippen molar-refractivity contribution in [2.75, 3.05) is 6.26 Å². The molecule has 4 rings (SSSR count). The number of benzene rings is 2. The molecule has 0 fully saturated rings. The minimum atomic E-state index is -1.17. The second-order valence-electron chi connectivity index (χ2n) is 5.21.